The summed E-state index contributed by atoms with van der Waals surface area (Å²) in [7, 11) is 0. The zero-order valence-electron chi connectivity index (χ0n) is 11.8. The van der Waals surface area contributed by atoms with Crippen LogP contribution in [-0.4, -0.2) is 29.3 Å². The van der Waals surface area contributed by atoms with Crippen LogP contribution in [0.15, 0.2) is 18.2 Å². The SMILES string of the molecule is Cc1cc(Cl)ccc1OC(C)C(=O)NC1(CO)CCC1. The van der Waals surface area contributed by atoms with E-state index in [-0.39, 0.29) is 12.5 Å². The predicted molar refractivity (Wildman–Crippen MR) is 78.1 cm³/mol. The van der Waals surface area contributed by atoms with Crippen LogP contribution in [0, 0.1) is 6.92 Å². The van der Waals surface area contributed by atoms with E-state index in [1.165, 1.54) is 0 Å². The lowest BCUT2D eigenvalue weighted by Gasteiger charge is -2.41. The van der Waals surface area contributed by atoms with Crippen molar-refractivity contribution in [3.05, 3.63) is 28.8 Å². The molecule has 0 aliphatic heterocycles. The summed E-state index contributed by atoms with van der Waals surface area (Å²) in [5.74, 6) is 0.441. The molecule has 2 N–H and O–H groups in total. The topological polar surface area (TPSA) is 58.6 Å². The van der Waals surface area contributed by atoms with Gasteiger partial charge in [0.1, 0.15) is 5.75 Å². The number of aryl methyl sites for hydroxylation is 1. The van der Waals surface area contributed by atoms with Crippen LogP contribution in [0.2, 0.25) is 5.02 Å². The van der Waals surface area contributed by atoms with Gasteiger partial charge in [-0.2, -0.15) is 0 Å². The number of nitrogens with one attached hydrogen (secondary N) is 1. The number of rotatable bonds is 5. The van der Waals surface area contributed by atoms with Crippen LogP contribution in [-0.2, 0) is 4.79 Å². The van der Waals surface area contributed by atoms with Crippen molar-refractivity contribution >= 4 is 17.5 Å². The number of halogens is 1. The van der Waals surface area contributed by atoms with Gasteiger partial charge >= 0.3 is 0 Å². The molecule has 0 radical (unpaired) electrons. The van der Waals surface area contributed by atoms with Gasteiger partial charge in [0.2, 0.25) is 0 Å². The van der Waals surface area contributed by atoms with Gasteiger partial charge in [-0.05, 0) is 56.9 Å². The Morgan fingerprint density at radius 2 is 2.25 bits per heavy atom. The summed E-state index contributed by atoms with van der Waals surface area (Å²) in [6.45, 7) is 3.56. The van der Waals surface area contributed by atoms with Crippen molar-refractivity contribution in [1.82, 2.24) is 5.32 Å². The molecule has 0 aromatic heterocycles. The Morgan fingerprint density at radius 1 is 1.55 bits per heavy atom. The molecule has 0 saturated heterocycles. The summed E-state index contributed by atoms with van der Waals surface area (Å²) in [5, 5.41) is 12.9. The van der Waals surface area contributed by atoms with Crippen molar-refractivity contribution in [2.24, 2.45) is 0 Å². The summed E-state index contributed by atoms with van der Waals surface area (Å²) in [5.41, 5.74) is 0.446. The third-order valence-corrected chi connectivity index (χ3v) is 4.05. The van der Waals surface area contributed by atoms with Gasteiger partial charge in [-0.1, -0.05) is 11.6 Å². The van der Waals surface area contributed by atoms with Crippen LogP contribution in [0.5, 0.6) is 5.75 Å². The van der Waals surface area contributed by atoms with Crippen LogP contribution in [0.4, 0.5) is 0 Å². The first-order valence-corrected chi connectivity index (χ1v) is 7.19. The summed E-state index contributed by atoms with van der Waals surface area (Å²) in [6, 6.07) is 5.28. The highest BCUT2D eigenvalue weighted by Crippen LogP contribution is 2.31. The van der Waals surface area contributed by atoms with Gasteiger partial charge in [-0.15, -0.1) is 0 Å². The maximum atomic E-state index is 12.1. The molecule has 1 aromatic carbocycles. The predicted octanol–water partition coefficient (Wildman–Crippen LogP) is 2.45. The summed E-state index contributed by atoms with van der Waals surface area (Å²) in [6.07, 6.45) is 2.06. The van der Waals surface area contributed by atoms with Gasteiger partial charge < -0.3 is 15.2 Å². The number of aliphatic hydroxyl groups is 1. The van der Waals surface area contributed by atoms with Crippen molar-refractivity contribution in [2.45, 2.75) is 44.8 Å². The number of aliphatic hydroxyl groups excluding tert-OH is 1. The molecule has 1 aromatic rings. The first-order valence-electron chi connectivity index (χ1n) is 6.81. The molecule has 1 atom stereocenters. The number of benzene rings is 1. The zero-order valence-corrected chi connectivity index (χ0v) is 12.5. The Labute approximate surface area is 124 Å². The number of hydrogen-bond acceptors (Lipinski definition) is 3. The molecular weight excluding hydrogens is 278 g/mol. The zero-order chi connectivity index (χ0) is 14.8. The summed E-state index contributed by atoms with van der Waals surface area (Å²) >= 11 is 5.89. The highest BCUT2D eigenvalue weighted by Gasteiger charge is 2.38. The maximum Gasteiger partial charge on any atom is 0.261 e. The van der Waals surface area contributed by atoms with Crippen LogP contribution in [0.1, 0.15) is 31.7 Å². The van der Waals surface area contributed by atoms with Crippen LogP contribution >= 0.6 is 11.6 Å². The van der Waals surface area contributed by atoms with Gasteiger partial charge in [-0.25, -0.2) is 0 Å². The lowest BCUT2D eigenvalue weighted by molar-refractivity contribution is -0.131. The van der Waals surface area contributed by atoms with Gasteiger partial charge in [0.15, 0.2) is 6.10 Å². The smallest absolute Gasteiger partial charge is 0.261 e. The number of ether oxygens (including phenoxy) is 1. The Hall–Kier alpha value is -1.26. The molecule has 0 heterocycles. The van der Waals surface area contributed by atoms with E-state index in [0.29, 0.717) is 10.8 Å². The summed E-state index contributed by atoms with van der Waals surface area (Å²) in [4.78, 5) is 12.1. The minimum Gasteiger partial charge on any atom is -0.481 e. The van der Waals surface area contributed by atoms with E-state index < -0.39 is 11.6 Å². The third kappa shape index (κ3) is 3.25. The highest BCUT2D eigenvalue weighted by atomic mass is 35.5. The fourth-order valence-corrected chi connectivity index (χ4v) is 2.50. The molecule has 110 valence electrons. The minimum atomic E-state index is -0.612. The molecule has 1 aliphatic rings. The second-order valence-electron chi connectivity index (χ2n) is 5.45. The molecule has 1 saturated carbocycles. The van der Waals surface area contributed by atoms with E-state index in [0.717, 1.165) is 24.8 Å². The Bertz CT molecular complexity index is 494. The Kier molecular flexibility index (Phi) is 4.55. The van der Waals surface area contributed by atoms with Crippen molar-refractivity contribution < 1.29 is 14.6 Å². The number of hydrogen-bond donors (Lipinski definition) is 2. The standard InChI is InChI=1S/C15H20ClNO3/c1-10-8-12(16)4-5-13(10)20-11(2)14(19)17-15(9-18)6-3-7-15/h4-5,8,11,18H,3,6-7,9H2,1-2H3,(H,17,19). The molecule has 20 heavy (non-hydrogen) atoms. The molecule has 1 unspecified atom stereocenters. The average Bonchev–Trinajstić information content (AvgIpc) is 2.36. The van der Waals surface area contributed by atoms with Gasteiger partial charge in [0.05, 0.1) is 12.1 Å². The van der Waals surface area contributed by atoms with Crippen LogP contribution in [0.3, 0.4) is 0 Å². The quantitative estimate of drug-likeness (QED) is 0.877. The van der Waals surface area contributed by atoms with Gasteiger partial charge in [-0.3, -0.25) is 4.79 Å². The number of amides is 1. The molecule has 1 fully saturated rings. The molecule has 0 bridgehead atoms. The van der Waals surface area contributed by atoms with Crippen molar-refractivity contribution in [3.8, 4) is 5.75 Å². The monoisotopic (exact) mass is 297 g/mol. The molecule has 1 amide bonds. The molecule has 2 rings (SSSR count). The fraction of sp³-hybridized carbons (Fsp3) is 0.533. The Morgan fingerprint density at radius 3 is 2.75 bits per heavy atom. The van der Waals surface area contributed by atoms with Crippen molar-refractivity contribution in [3.63, 3.8) is 0 Å². The first-order chi connectivity index (χ1) is 9.46. The first kappa shape index (κ1) is 15.1. The van der Waals surface area contributed by atoms with Crippen molar-refractivity contribution in [1.29, 1.82) is 0 Å². The molecular formula is C15H20ClNO3. The Balaban J connectivity index is 1.97. The number of carbonyl (C=O) groups is 1. The normalized spacial score (nSPS) is 18.0. The van der Waals surface area contributed by atoms with Crippen LogP contribution < -0.4 is 10.1 Å². The number of carbonyl (C=O) groups excluding carboxylic acids is 1. The maximum absolute atomic E-state index is 12.1. The molecule has 5 heteroatoms. The van der Waals surface area contributed by atoms with E-state index in [1.807, 2.05) is 6.92 Å². The molecule has 1 aliphatic carbocycles. The van der Waals surface area contributed by atoms with E-state index in [2.05, 4.69) is 5.32 Å². The second kappa shape index (κ2) is 6.02. The van der Waals surface area contributed by atoms with Crippen LogP contribution in [0.25, 0.3) is 0 Å². The lowest BCUT2D eigenvalue weighted by atomic mass is 9.77. The lowest BCUT2D eigenvalue weighted by Crippen LogP contribution is -2.58. The van der Waals surface area contributed by atoms with E-state index >= 15 is 0 Å². The molecule has 0 spiro atoms. The van der Waals surface area contributed by atoms with E-state index in [4.69, 9.17) is 16.3 Å². The highest BCUT2D eigenvalue weighted by molar-refractivity contribution is 6.30. The largest absolute Gasteiger partial charge is 0.481 e. The third-order valence-electron chi connectivity index (χ3n) is 3.81. The second-order valence-corrected chi connectivity index (χ2v) is 5.89. The van der Waals surface area contributed by atoms with Crippen molar-refractivity contribution in [2.75, 3.05) is 6.61 Å². The van der Waals surface area contributed by atoms with E-state index in [9.17, 15) is 9.90 Å². The minimum absolute atomic E-state index is 0.0224. The summed E-state index contributed by atoms with van der Waals surface area (Å²) < 4.78 is 5.67. The van der Waals surface area contributed by atoms with Gasteiger partial charge in [0.25, 0.3) is 5.91 Å². The van der Waals surface area contributed by atoms with Gasteiger partial charge in [0, 0.05) is 5.02 Å². The van der Waals surface area contributed by atoms with E-state index in [1.54, 1.807) is 25.1 Å². The average molecular weight is 298 g/mol. The molecule has 4 nitrogen and oxygen atoms in total. The fourth-order valence-electron chi connectivity index (χ4n) is 2.28.